The van der Waals surface area contributed by atoms with Gasteiger partial charge >= 0.3 is 5.97 Å². The van der Waals surface area contributed by atoms with Gasteiger partial charge in [0, 0.05) is 0 Å². The van der Waals surface area contributed by atoms with Crippen LogP contribution in [0.2, 0.25) is 5.02 Å². The van der Waals surface area contributed by atoms with E-state index in [9.17, 15) is 19.2 Å². The number of nitrogens with zero attached hydrogens (tertiary/aromatic N) is 1. The molecule has 29 heavy (non-hydrogen) atoms. The Morgan fingerprint density at radius 3 is 2.10 bits per heavy atom. The third-order valence-electron chi connectivity index (χ3n) is 4.47. The Labute approximate surface area is 172 Å². The van der Waals surface area contributed by atoms with E-state index in [4.69, 9.17) is 16.3 Å². The molecule has 1 heterocycles. The summed E-state index contributed by atoms with van der Waals surface area (Å²) in [5.41, 5.74) is 0.871. The van der Waals surface area contributed by atoms with Crippen LogP contribution in [0.25, 0.3) is 0 Å². The molecule has 0 bridgehead atoms. The average Bonchev–Trinajstić information content (AvgIpc) is 2.94. The van der Waals surface area contributed by atoms with Crippen molar-refractivity contribution in [3.8, 4) is 0 Å². The molecule has 2 aromatic carbocycles. The van der Waals surface area contributed by atoms with E-state index in [2.05, 4.69) is 5.32 Å². The zero-order chi connectivity index (χ0) is 21.1. The Hall–Kier alpha value is -3.19. The minimum Gasteiger partial charge on any atom is -0.454 e. The zero-order valence-electron chi connectivity index (χ0n) is 15.8. The molecule has 1 aliphatic rings. The molecule has 0 saturated carbocycles. The number of ether oxygens (including phenoxy) is 1. The van der Waals surface area contributed by atoms with E-state index in [-0.39, 0.29) is 11.1 Å². The number of amides is 3. The molecular formula is C21H19ClN2O5. The van der Waals surface area contributed by atoms with E-state index >= 15 is 0 Å². The third-order valence-corrected chi connectivity index (χ3v) is 4.80. The molecule has 1 N–H and O–H groups in total. The molecule has 8 heteroatoms. The number of esters is 1. The van der Waals surface area contributed by atoms with Crippen molar-refractivity contribution in [3.05, 3.63) is 64.7 Å². The van der Waals surface area contributed by atoms with Gasteiger partial charge in [0.1, 0.15) is 6.04 Å². The van der Waals surface area contributed by atoms with E-state index in [1.165, 1.54) is 12.1 Å². The monoisotopic (exact) mass is 414 g/mol. The normalized spacial score (nSPS) is 14.0. The van der Waals surface area contributed by atoms with Crippen LogP contribution in [0.5, 0.6) is 0 Å². The lowest BCUT2D eigenvalue weighted by Gasteiger charge is -2.27. The summed E-state index contributed by atoms with van der Waals surface area (Å²) in [7, 11) is 0. The van der Waals surface area contributed by atoms with Crippen LogP contribution >= 0.6 is 11.6 Å². The Bertz CT molecular complexity index is 954. The molecule has 0 fully saturated rings. The number of hydrogen-bond donors (Lipinski definition) is 1. The summed E-state index contributed by atoms with van der Waals surface area (Å²) < 4.78 is 5.11. The molecular weight excluding hydrogens is 396 g/mol. The number of para-hydroxylation sites is 1. The van der Waals surface area contributed by atoms with E-state index in [0.717, 1.165) is 4.90 Å². The SMILES string of the molecule is CC(C)C(C(=O)OCC(=O)Nc1ccccc1Cl)N1C(=O)c2ccccc2C1=O. The Balaban J connectivity index is 1.69. The van der Waals surface area contributed by atoms with E-state index in [1.54, 1.807) is 50.2 Å². The van der Waals surface area contributed by atoms with Gasteiger partial charge in [0.15, 0.2) is 6.61 Å². The number of carbonyl (C=O) groups excluding carboxylic acids is 4. The highest BCUT2D eigenvalue weighted by Gasteiger charge is 2.44. The molecule has 0 aliphatic carbocycles. The molecule has 0 saturated heterocycles. The third kappa shape index (κ3) is 4.14. The standard InChI is InChI=1S/C21H19ClN2O5/c1-12(2)18(24-19(26)13-7-3-4-8-14(13)20(24)27)21(28)29-11-17(25)23-16-10-6-5-9-15(16)22/h3-10,12,18H,11H2,1-2H3,(H,23,25). The average molecular weight is 415 g/mol. The van der Waals surface area contributed by atoms with Crippen molar-refractivity contribution in [2.75, 3.05) is 11.9 Å². The van der Waals surface area contributed by atoms with Crippen molar-refractivity contribution in [1.82, 2.24) is 4.90 Å². The Morgan fingerprint density at radius 2 is 1.55 bits per heavy atom. The van der Waals surface area contributed by atoms with E-state index in [1.807, 2.05) is 0 Å². The highest BCUT2D eigenvalue weighted by atomic mass is 35.5. The second-order valence-corrected chi connectivity index (χ2v) is 7.26. The maximum absolute atomic E-state index is 12.7. The molecule has 1 atom stereocenters. The lowest BCUT2D eigenvalue weighted by atomic mass is 10.0. The molecule has 3 rings (SSSR count). The first-order valence-electron chi connectivity index (χ1n) is 8.99. The lowest BCUT2D eigenvalue weighted by molar-refractivity contribution is -0.152. The second kappa shape index (κ2) is 8.45. The summed E-state index contributed by atoms with van der Waals surface area (Å²) >= 11 is 5.98. The van der Waals surface area contributed by atoms with Crippen molar-refractivity contribution in [1.29, 1.82) is 0 Å². The van der Waals surface area contributed by atoms with Gasteiger partial charge in [-0.15, -0.1) is 0 Å². The van der Waals surface area contributed by atoms with Crippen LogP contribution in [-0.2, 0) is 14.3 Å². The van der Waals surface area contributed by atoms with Crippen molar-refractivity contribution < 1.29 is 23.9 Å². The van der Waals surface area contributed by atoms with E-state index in [0.29, 0.717) is 10.7 Å². The fourth-order valence-electron chi connectivity index (χ4n) is 3.11. The summed E-state index contributed by atoms with van der Waals surface area (Å²) in [5.74, 6) is -2.93. The van der Waals surface area contributed by atoms with Crippen molar-refractivity contribution >= 4 is 41.0 Å². The largest absolute Gasteiger partial charge is 0.454 e. The van der Waals surface area contributed by atoms with Gasteiger partial charge in [-0.2, -0.15) is 0 Å². The molecule has 7 nitrogen and oxygen atoms in total. The van der Waals surface area contributed by atoms with Crippen LogP contribution in [0.1, 0.15) is 34.6 Å². The van der Waals surface area contributed by atoms with Gasteiger partial charge in [-0.3, -0.25) is 19.3 Å². The van der Waals surface area contributed by atoms with E-state index < -0.39 is 42.3 Å². The maximum atomic E-state index is 12.7. The maximum Gasteiger partial charge on any atom is 0.330 e. The van der Waals surface area contributed by atoms with Crippen LogP contribution in [0.4, 0.5) is 5.69 Å². The number of anilines is 1. The fraction of sp³-hybridized carbons (Fsp3) is 0.238. The van der Waals surface area contributed by atoms with Crippen LogP contribution in [0.3, 0.4) is 0 Å². The number of rotatable bonds is 6. The molecule has 1 aliphatic heterocycles. The molecule has 0 spiro atoms. The molecule has 0 radical (unpaired) electrons. The van der Waals surface area contributed by atoms with Crippen molar-refractivity contribution in [2.45, 2.75) is 19.9 Å². The summed E-state index contributed by atoms with van der Waals surface area (Å²) in [6.45, 7) is 2.81. The Morgan fingerprint density at radius 1 is 1.00 bits per heavy atom. The first-order chi connectivity index (χ1) is 13.8. The quantitative estimate of drug-likeness (QED) is 0.579. The molecule has 150 valence electrons. The first-order valence-corrected chi connectivity index (χ1v) is 9.37. The van der Waals surface area contributed by atoms with Crippen molar-refractivity contribution in [2.24, 2.45) is 5.92 Å². The molecule has 0 aromatic heterocycles. The molecule has 1 unspecified atom stereocenters. The number of nitrogens with one attached hydrogen (secondary N) is 1. The van der Waals surface area contributed by atoms with Gasteiger partial charge in [-0.05, 0) is 30.2 Å². The first kappa shape index (κ1) is 20.5. The number of carbonyl (C=O) groups is 4. The van der Waals surface area contributed by atoms with Crippen molar-refractivity contribution in [3.63, 3.8) is 0 Å². The molecule has 3 amide bonds. The smallest absolute Gasteiger partial charge is 0.330 e. The van der Waals surface area contributed by atoms with Gasteiger partial charge in [0.2, 0.25) is 0 Å². The number of fused-ring (bicyclic) bond motifs is 1. The van der Waals surface area contributed by atoms with Crippen LogP contribution in [-0.4, -0.2) is 41.2 Å². The van der Waals surface area contributed by atoms with Gasteiger partial charge in [0.25, 0.3) is 17.7 Å². The highest BCUT2D eigenvalue weighted by Crippen LogP contribution is 2.27. The summed E-state index contributed by atoms with van der Waals surface area (Å²) in [6.07, 6.45) is 0. The van der Waals surface area contributed by atoms with Crippen LogP contribution in [0.15, 0.2) is 48.5 Å². The van der Waals surface area contributed by atoms with Crippen LogP contribution in [0, 0.1) is 5.92 Å². The number of benzene rings is 2. The Kier molecular flexibility index (Phi) is 5.98. The minimum absolute atomic E-state index is 0.243. The number of imide groups is 1. The predicted octanol–water partition coefficient (Wildman–Crippen LogP) is 3.14. The molecule has 2 aromatic rings. The summed E-state index contributed by atoms with van der Waals surface area (Å²) in [4.78, 5) is 51.0. The van der Waals surface area contributed by atoms with Gasteiger partial charge in [-0.25, -0.2) is 4.79 Å². The van der Waals surface area contributed by atoms with Gasteiger partial charge in [-0.1, -0.05) is 49.7 Å². The fourth-order valence-corrected chi connectivity index (χ4v) is 3.29. The topological polar surface area (TPSA) is 92.8 Å². The minimum atomic E-state index is -1.14. The second-order valence-electron chi connectivity index (χ2n) is 6.85. The number of halogens is 1. The number of hydrogen-bond acceptors (Lipinski definition) is 5. The summed E-state index contributed by atoms with van der Waals surface area (Å²) in [6, 6.07) is 11.9. The summed E-state index contributed by atoms with van der Waals surface area (Å²) in [5, 5.41) is 2.88. The van der Waals surface area contributed by atoms with Gasteiger partial charge < -0.3 is 10.1 Å². The highest BCUT2D eigenvalue weighted by molar-refractivity contribution is 6.33. The van der Waals surface area contributed by atoms with Gasteiger partial charge in [0.05, 0.1) is 21.8 Å². The van der Waals surface area contributed by atoms with Crippen LogP contribution < -0.4 is 5.32 Å². The zero-order valence-corrected chi connectivity index (χ0v) is 16.6. The predicted molar refractivity (Wildman–Crippen MR) is 107 cm³/mol. The lowest BCUT2D eigenvalue weighted by Crippen LogP contribution is -2.49.